The van der Waals surface area contributed by atoms with Gasteiger partial charge in [-0.2, -0.15) is 0 Å². The SMILES string of the molecule is [2H]C([2H])([2H])c1cnc(-c2ccccc2)nc1. The molecular weight excluding hydrogens is 160 g/mol. The number of hydrogen-bond acceptors (Lipinski definition) is 2. The Morgan fingerprint density at radius 3 is 2.38 bits per heavy atom. The molecule has 0 spiro atoms. The summed E-state index contributed by atoms with van der Waals surface area (Å²) in [5.74, 6) is 0.536. The van der Waals surface area contributed by atoms with E-state index in [-0.39, 0.29) is 5.56 Å². The van der Waals surface area contributed by atoms with Crippen LogP contribution >= 0.6 is 0 Å². The molecule has 0 radical (unpaired) electrons. The van der Waals surface area contributed by atoms with Crippen molar-refractivity contribution in [3.8, 4) is 11.4 Å². The molecule has 0 aliphatic heterocycles. The van der Waals surface area contributed by atoms with E-state index in [0.717, 1.165) is 5.56 Å². The number of aromatic nitrogens is 2. The molecule has 0 saturated carbocycles. The van der Waals surface area contributed by atoms with Crippen LogP contribution in [0.1, 0.15) is 9.68 Å². The molecule has 0 atom stereocenters. The van der Waals surface area contributed by atoms with Crippen LogP contribution in [0.25, 0.3) is 11.4 Å². The molecule has 2 rings (SSSR count). The van der Waals surface area contributed by atoms with Crippen LogP contribution in [0, 0.1) is 6.85 Å². The summed E-state index contributed by atoms with van der Waals surface area (Å²) in [5, 5.41) is 0. The van der Waals surface area contributed by atoms with E-state index in [1.807, 2.05) is 30.3 Å². The normalized spacial score (nSPS) is 14.3. The Balaban J connectivity index is 2.34. The minimum Gasteiger partial charge on any atom is -0.236 e. The number of aryl methyl sites for hydroxylation is 1. The van der Waals surface area contributed by atoms with Crippen molar-refractivity contribution >= 4 is 0 Å². The highest BCUT2D eigenvalue weighted by molar-refractivity contribution is 5.53. The van der Waals surface area contributed by atoms with E-state index in [9.17, 15) is 0 Å². The van der Waals surface area contributed by atoms with E-state index in [4.69, 9.17) is 4.11 Å². The summed E-state index contributed by atoms with van der Waals surface area (Å²) in [6.45, 7) is -2.14. The van der Waals surface area contributed by atoms with Crippen molar-refractivity contribution in [1.82, 2.24) is 9.97 Å². The van der Waals surface area contributed by atoms with Crippen LogP contribution in [0.5, 0.6) is 0 Å². The molecule has 0 aliphatic carbocycles. The van der Waals surface area contributed by atoms with Crippen LogP contribution in [0.3, 0.4) is 0 Å². The zero-order valence-corrected chi connectivity index (χ0v) is 6.94. The Morgan fingerprint density at radius 2 is 1.77 bits per heavy atom. The topological polar surface area (TPSA) is 25.8 Å². The zero-order chi connectivity index (χ0) is 11.6. The first-order valence-corrected chi connectivity index (χ1v) is 3.95. The van der Waals surface area contributed by atoms with Crippen molar-refractivity contribution in [2.45, 2.75) is 6.85 Å². The van der Waals surface area contributed by atoms with Gasteiger partial charge in [0.1, 0.15) is 0 Å². The van der Waals surface area contributed by atoms with Gasteiger partial charge in [0.05, 0.1) is 0 Å². The third-order valence-electron chi connectivity index (χ3n) is 1.68. The van der Waals surface area contributed by atoms with Gasteiger partial charge in [0.25, 0.3) is 0 Å². The van der Waals surface area contributed by atoms with Crippen LogP contribution in [-0.4, -0.2) is 9.97 Å². The number of hydrogen-bond donors (Lipinski definition) is 0. The maximum atomic E-state index is 7.20. The maximum Gasteiger partial charge on any atom is 0.159 e. The van der Waals surface area contributed by atoms with Gasteiger partial charge in [-0.3, -0.25) is 0 Å². The van der Waals surface area contributed by atoms with Gasteiger partial charge in [0, 0.05) is 22.1 Å². The number of benzene rings is 1. The first kappa shape index (κ1) is 5.12. The summed E-state index contributed by atoms with van der Waals surface area (Å²) in [7, 11) is 0. The average molecular weight is 173 g/mol. The van der Waals surface area contributed by atoms with Gasteiger partial charge in [0.15, 0.2) is 5.82 Å². The van der Waals surface area contributed by atoms with Crippen LogP contribution in [-0.2, 0) is 0 Å². The number of rotatable bonds is 1. The molecule has 0 saturated heterocycles. The van der Waals surface area contributed by atoms with Gasteiger partial charge in [0.2, 0.25) is 0 Å². The lowest BCUT2D eigenvalue weighted by Gasteiger charge is -1.98. The first-order valence-electron chi connectivity index (χ1n) is 5.45. The van der Waals surface area contributed by atoms with Crippen molar-refractivity contribution in [1.29, 1.82) is 0 Å². The fourth-order valence-corrected chi connectivity index (χ4v) is 1.06. The largest absolute Gasteiger partial charge is 0.236 e. The van der Waals surface area contributed by atoms with Crippen LogP contribution in [0.15, 0.2) is 42.7 Å². The Hall–Kier alpha value is -1.70. The van der Waals surface area contributed by atoms with E-state index >= 15 is 0 Å². The van der Waals surface area contributed by atoms with E-state index in [0.29, 0.717) is 5.82 Å². The van der Waals surface area contributed by atoms with Gasteiger partial charge in [-0.25, -0.2) is 9.97 Å². The third kappa shape index (κ3) is 1.72. The van der Waals surface area contributed by atoms with Crippen molar-refractivity contribution in [3.63, 3.8) is 0 Å². The van der Waals surface area contributed by atoms with Crippen molar-refractivity contribution in [2.75, 3.05) is 0 Å². The van der Waals surface area contributed by atoms with Crippen LogP contribution in [0.4, 0.5) is 0 Å². The highest BCUT2D eigenvalue weighted by atomic mass is 14.9. The summed E-state index contributed by atoms with van der Waals surface area (Å²) in [6.07, 6.45) is 2.70. The smallest absolute Gasteiger partial charge is 0.159 e. The molecule has 1 aromatic carbocycles. The van der Waals surface area contributed by atoms with Crippen LogP contribution < -0.4 is 0 Å². The summed E-state index contributed by atoms with van der Waals surface area (Å²) in [6, 6.07) is 9.43. The second-order valence-electron chi connectivity index (χ2n) is 2.66. The van der Waals surface area contributed by atoms with Crippen molar-refractivity contribution in [2.24, 2.45) is 0 Å². The van der Waals surface area contributed by atoms with Crippen molar-refractivity contribution in [3.05, 3.63) is 48.3 Å². The second kappa shape index (κ2) is 3.35. The maximum absolute atomic E-state index is 7.20. The molecule has 0 amide bonds. The molecule has 2 heteroatoms. The van der Waals surface area contributed by atoms with Gasteiger partial charge in [-0.05, 0) is 12.4 Å². The molecule has 0 aliphatic rings. The summed E-state index contributed by atoms with van der Waals surface area (Å²) >= 11 is 0. The standard InChI is InChI=1S/C11H10N2/c1-9-7-12-11(13-8-9)10-5-3-2-4-6-10/h2-8H,1H3/i1D3. The van der Waals surface area contributed by atoms with E-state index in [2.05, 4.69) is 9.97 Å². The van der Waals surface area contributed by atoms with E-state index in [1.54, 1.807) is 0 Å². The molecule has 64 valence electrons. The predicted molar refractivity (Wildman–Crippen MR) is 52.2 cm³/mol. The second-order valence-corrected chi connectivity index (χ2v) is 2.66. The molecular formula is C11H10N2. The average Bonchev–Trinajstić information content (AvgIpc) is 2.29. The van der Waals surface area contributed by atoms with Gasteiger partial charge < -0.3 is 0 Å². The molecule has 0 unspecified atom stereocenters. The zero-order valence-electron chi connectivity index (χ0n) is 9.94. The summed E-state index contributed by atoms with van der Waals surface area (Å²) < 4.78 is 21.6. The fraction of sp³-hybridized carbons (Fsp3) is 0.0909. The lowest BCUT2D eigenvalue weighted by atomic mass is 10.2. The molecule has 0 bridgehead atoms. The Kier molecular flexibility index (Phi) is 1.32. The summed E-state index contributed by atoms with van der Waals surface area (Å²) in [4.78, 5) is 8.09. The molecule has 1 aromatic heterocycles. The Bertz CT molecular complexity index is 463. The molecule has 2 nitrogen and oxygen atoms in total. The molecule has 0 fully saturated rings. The summed E-state index contributed by atoms with van der Waals surface area (Å²) in [5.41, 5.74) is 1.03. The molecule has 2 aromatic rings. The predicted octanol–water partition coefficient (Wildman–Crippen LogP) is 2.45. The molecule has 13 heavy (non-hydrogen) atoms. The Labute approximate surface area is 81.5 Å². The van der Waals surface area contributed by atoms with Crippen molar-refractivity contribution < 1.29 is 4.11 Å². The van der Waals surface area contributed by atoms with Gasteiger partial charge in [-0.1, -0.05) is 30.3 Å². The van der Waals surface area contributed by atoms with E-state index in [1.165, 1.54) is 12.4 Å². The monoisotopic (exact) mass is 173 g/mol. The Morgan fingerprint density at radius 1 is 1.08 bits per heavy atom. The molecule has 0 N–H and O–H groups in total. The number of nitrogens with zero attached hydrogens (tertiary/aromatic N) is 2. The van der Waals surface area contributed by atoms with E-state index < -0.39 is 6.85 Å². The fourth-order valence-electron chi connectivity index (χ4n) is 1.06. The lowest BCUT2D eigenvalue weighted by molar-refractivity contribution is 1.14. The minimum absolute atomic E-state index is 0.159. The highest BCUT2D eigenvalue weighted by Crippen LogP contribution is 2.12. The highest BCUT2D eigenvalue weighted by Gasteiger charge is 1.97. The van der Waals surface area contributed by atoms with Gasteiger partial charge >= 0.3 is 0 Å². The quantitative estimate of drug-likeness (QED) is 0.662. The van der Waals surface area contributed by atoms with Gasteiger partial charge in [-0.15, -0.1) is 0 Å². The third-order valence-corrected chi connectivity index (χ3v) is 1.68. The first-order chi connectivity index (χ1) is 7.57. The minimum atomic E-state index is -2.14. The van der Waals surface area contributed by atoms with Crippen LogP contribution in [0.2, 0.25) is 0 Å². The lowest BCUT2D eigenvalue weighted by Crippen LogP contribution is -1.88. The molecule has 1 heterocycles.